The molecule has 0 unspecified atom stereocenters. The highest BCUT2D eigenvalue weighted by atomic mass is 35.5. The zero-order valence-electron chi connectivity index (χ0n) is 9.30. The monoisotopic (exact) mass is 225 g/mol. The summed E-state index contributed by atoms with van der Waals surface area (Å²) in [5.74, 6) is 0.421. The fourth-order valence-corrected chi connectivity index (χ4v) is 1.34. The largest absolute Gasteiger partial charge is 0.347 e. The molecule has 1 rings (SSSR count). The molecular formula is C12H16ClNO. The number of carbonyl (C=O) groups excluding carboxylic acids is 1. The molecule has 0 saturated carbocycles. The van der Waals surface area contributed by atoms with E-state index in [1.54, 1.807) is 12.1 Å². The van der Waals surface area contributed by atoms with E-state index in [1.165, 1.54) is 0 Å². The molecule has 1 N–H and O–H groups in total. The third kappa shape index (κ3) is 3.92. The summed E-state index contributed by atoms with van der Waals surface area (Å²) >= 11 is 5.66. The van der Waals surface area contributed by atoms with Gasteiger partial charge in [0.05, 0.1) is 0 Å². The number of alkyl halides is 1. The summed E-state index contributed by atoms with van der Waals surface area (Å²) in [6, 6.07) is 7.31. The van der Waals surface area contributed by atoms with Crippen molar-refractivity contribution >= 4 is 17.5 Å². The fraction of sp³-hybridized carbons (Fsp3) is 0.417. The predicted molar refractivity (Wildman–Crippen MR) is 63.2 cm³/mol. The summed E-state index contributed by atoms with van der Waals surface area (Å²) in [6.45, 7) is 5.87. The molecule has 0 saturated heterocycles. The second-order valence-corrected chi connectivity index (χ2v) is 4.80. The maximum absolute atomic E-state index is 11.7. The second-order valence-electron chi connectivity index (χ2n) is 4.53. The first-order chi connectivity index (χ1) is 6.92. The van der Waals surface area contributed by atoms with Crippen LogP contribution in [0.3, 0.4) is 0 Å². The molecule has 0 aromatic heterocycles. The SMILES string of the molecule is CC(C)(C)NC(=O)c1ccc(CCl)cc1. The molecule has 0 aliphatic carbocycles. The molecule has 0 radical (unpaired) electrons. The first-order valence-corrected chi connectivity index (χ1v) is 5.43. The van der Waals surface area contributed by atoms with Crippen molar-refractivity contribution in [2.75, 3.05) is 0 Å². The van der Waals surface area contributed by atoms with Crippen LogP contribution in [0.2, 0.25) is 0 Å². The number of benzene rings is 1. The molecule has 1 amide bonds. The molecule has 1 aromatic rings. The third-order valence-electron chi connectivity index (χ3n) is 1.86. The zero-order chi connectivity index (χ0) is 11.5. The van der Waals surface area contributed by atoms with Crippen molar-refractivity contribution in [3.05, 3.63) is 35.4 Å². The summed E-state index contributed by atoms with van der Waals surface area (Å²) in [5.41, 5.74) is 1.48. The van der Waals surface area contributed by atoms with E-state index in [0.717, 1.165) is 5.56 Å². The normalized spacial score (nSPS) is 11.2. The Labute approximate surface area is 95.6 Å². The summed E-state index contributed by atoms with van der Waals surface area (Å²) in [7, 11) is 0. The molecule has 0 atom stereocenters. The predicted octanol–water partition coefficient (Wildman–Crippen LogP) is 2.95. The Morgan fingerprint density at radius 3 is 2.20 bits per heavy atom. The Balaban J connectivity index is 2.75. The lowest BCUT2D eigenvalue weighted by atomic mass is 10.1. The van der Waals surface area contributed by atoms with E-state index < -0.39 is 0 Å². The highest BCUT2D eigenvalue weighted by molar-refractivity contribution is 6.17. The van der Waals surface area contributed by atoms with Gasteiger partial charge in [0.1, 0.15) is 0 Å². The van der Waals surface area contributed by atoms with Crippen molar-refractivity contribution in [2.45, 2.75) is 32.2 Å². The van der Waals surface area contributed by atoms with E-state index in [9.17, 15) is 4.79 Å². The number of rotatable bonds is 2. The Kier molecular flexibility index (Phi) is 3.75. The molecule has 2 nitrogen and oxygen atoms in total. The van der Waals surface area contributed by atoms with Crippen molar-refractivity contribution in [3.63, 3.8) is 0 Å². The molecular weight excluding hydrogens is 210 g/mol. The van der Waals surface area contributed by atoms with Crippen molar-refractivity contribution in [1.29, 1.82) is 0 Å². The van der Waals surface area contributed by atoms with E-state index in [2.05, 4.69) is 5.32 Å². The zero-order valence-corrected chi connectivity index (χ0v) is 10.1. The van der Waals surface area contributed by atoms with Gasteiger partial charge in [-0.15, -0.1) is 11.6 Å². The Morgan fingerprint density at radius 2 is 1.80 bits per heavy atom. The number of halogens is 1. The van der Waals surface area contributed by atoms with E-state index >= 15 is 0 Å². The number of hydrogen-bond acceptors (Lipinski definition) is 1. The van der Waals surface area contributed by atoms with Gasteiger partial charge in [-0.2, -0.15) is 0 Å². The van der Waals surface area contributed by atoms with Gasteiger partial charge >= 0.3 is 0 Å². The van der Waals surface area contributed by atoms with Crippen molar-refractivity contribution in [1.82, 2.24) is 5.32 Å². The van der Waals surface area contributed by atoms with Gasteiger partial charge in [0.25, 0.3) is 5.91 Å². The molecule has 82 valence electrons. The van der Waals surface area contributed by atoms with E-state index in [-0.39, 0.29) is 11.4 Å². The first-order valence-electron chi connectivity index (χ1n) is 4.90. The summed E-state index contributed by atoms with van der Waals surface area (Å²) in [5, 5.41) is 2.90. The molecule has 1 aromatic carbocycles. The van der Waals surface area contributed by atoms with Crippen molar-refractivity contribution in [3.8, 4) is 0 Å². The molecule has 3 heteroatoms. The molecule has 0 aliphatic heterocycles. The van der Waals surface area contributed by atoms with Crippen LogP contribution in [0.25, 0.3) is 0 Å². The maximum Gasteiger partial charge on any atom is 0.251 e. The van der Waals surface area contributed by atoms with Gasteiger partial charge in [-0.1, -0.05) is 12.1 Å². The Morgan fingerprint density at radius 1 is 1.27 bits per heavy atom. The van der Waals surface area contributed by atoms with Crippen LogP contribution in [0.1, 0.15) is 36.7 Å². The average Bonchev–Trinajstić information content (AvgIpc) is 2.15. The Bertz CT molecular complexity index is 338. The minimum Gasteiger partial charge on any atom is -0.347 e. The summed E-state index contributed by atoms with van der Waals surface area (Å²) in [6.07, 6.45) is 0. The van der Waals surface area contributed by atoms with E-state index in [1.807, 2.05) is 32.9 Å². The summed E-state index contributed by atoms with van der Waals surface area (Å²) < 4.78 is 0. The molecule has 15 heavy (non-hydrogen) atoms. The average molecular weight is 226 g/mol. The van der Waals surface area contributed by atoms with Gasteiger partial charge in [-0.3, -0.25) is 4.79 Å². The lowest BCUT2D eigenvalue weighted by Crippen LogP contribution is -2.40. The molecule has 0 aliphatic rings. The van der Waals surface area contributed by atoms with Crippen LogP contribution >= 0.6 is 11.6 Å². The number of nitrogens with one attached hydrogen (secondary N) is 1. The van der Waals surface area contributed by atoms with E-state index in [0.29, 0.717) is 11.4 Å². The topological polar surface area (TPSA) is 29.1 Å². The molecule has 0 heterocycles. The van der Waals surface area contributed by atoms with Gasteiger partial charge in [0.2, 0.25) is 0 Å². The second kappa shape index (κ2) is 4.67. The number of amides is 1. The quantitative estimate of drug-likeness (QED) is 0.771. The van der Waals surface area contributed by atoms with Gasteiger partial charge in [-0.05, 0) is 38.5 Å². The van der Waals surface area contributed by atoms with E-state index in [4.69, 9.17) is 11.6 Å². The first kappa shape index (κ1) is 12.1. The van der Waals surface area contributed by atoms with Crippen LogP contribution in [0.4, 0.5) is 0 Å². The minimum atomic E-state index is -0.206. The fourth-order valence-electron chi connectivity index (χ4n) is 1.16. The van der Waals surface area contributed by atoms with Crippen LogP contribution in [0.15, 0.2) is 24.3 Å². The van der Waals surface area contributed by atoms with Crippen LogP contribution in [-0.4, -0.2) is 11.4 Å². The molecule has 0 fully saturated rings. The highest BCUT2D eigenvalue weighted by Crippen LogP contribution is 2.08. The van der Waals surface area contributed by atoms with Gasteiger partial charge < -0.3 is 5.32 Å². The number of hydrogen-bond donors (Lipinski definition) is 1. The molecule has 0 bridgehead atoms. The Hall–Kier alpha value is -1.02. The van der Waals surface area contributed by atoms with Gasteiger partial charge in [0, 0.05) is 17.0 Å². The third-order valence-corrected chi connectivity index (χ3v) is 2.17. The molecule has 0 spiro atoms. The van der Waals surface area contributed by atoms with Gasteiger partial charge in [0.15, 0.2) is 0 Å². The standard InChI is InChI=1S/C12H16ClNO/c1-12(2,3)14-11(15)10-6-4-9(8-13)5-7-10/h4-7H,8H2,1-3H3,(H,14,15). The lowest BCUT2D eigenvalue weighted by molar-refractivity contribution is 0.0919. The smallest absolute Gasteiger partial charge is 0.251 e. The van der Waals surface area contributed by atoms with Gasteiger partial charge in [-0.25, -0.2) is 0 Å². The highest BCUT2D eigenvalue weighted by Gasteiger charge is 2.14. The van der Waals surface area contributed by atoms with Crippen LogP contribution in [0.5, 0.6) is 0 Å². The maximum atomic E-state index is 11.7. The number of carbonyl (C=O) groups is 1. The van der Waals surface area contributed by atoms with Crippen LogP contribution < -0.4 is 5.32 Å². The summed E-state index contributed by atoms with van der Waals surface area (Å²) in [4.78, 5) is 11.7. The van der Waals surface area contributed by atoms with Crippen LogP contribution in [-0.2, 0) is 5.88 Å². The van der Waals surface area contributed by atoms with Crippen molar-refractivity contribution < 1.29 is 4.79 Å². The van der Waals surface area contributed by atoms with Crippen LogP contribution in [0, 0.1) is 0 Å². The van der Waals surface area contributed by atoms with Crippen molar-refractivity contribution in [2.24, 2.45) is 0 Å². The lowest BCUT2D eigenvalue weighted by Gasteiger charge is -2.20. The minimum absolute atomic E-state index is 0.0522.